The highest BCUT2D eigenvalue weighted by Crippen LogP contribution is 2.29. The molecule has 0 spiro atoms. The summed E-state index contributed by atoms with van der Waals surface area (Å²) in [5.41, 5.74) is 5.45. The van der Waals surface area contributed by atoms with Gasteiger partial charge in [-0.05, 0) is 42.7 Å². The van der Waals surface area contributed by atoms with Gasteiger partial charge in [0.25, 0.3) is 0 Å². The number of nitrogens with zero attached hydrogens (tertiary/aromatic N) is 3. The van der Waals surface area contributed by atoms with Crippen LogP contribution in [0.25, 0.3) is 27.8 Å². The average molecular weight is 448 g/mol. The maximum atomic E-state index is 13.5. The van der Waals surface area contributed by atoms with Crippen LogP contribution in [0.5, 0.6) is 5.75 Å². The highest BCUT2D eigenvalue weighted by molar-refractivity contribution is 5.99. The first-order valence-corrected chi connectivity index (χ1v) is 11.3. The van der Waals surface area contributed by atoms with Crippen molar-refractivity contribution in [3.05, 3.63) is 108 Å². The van der Waals surface area contributed by atoms with E-state index in [1.165, 1.54) is 5.56 Å². The number of ether oxygens (including phenoxy) is 1. The largest absolute Gasteiger partial charge is 0.420 e. The number of esters is 1. The van der Waals surface area contributed by atoms with E-state index in [0.717, 1.165) is 22.3 Å². The SMILES string of the molecule is Cc1ccc2cccc(OC(=O)c3cn(-c4ccccc4)nc3-c3ccc(C(C)C)cc3)c2n1. The minimum absolute atomic E-state index is 0.394. The molecule has 5 nitrogen and oxygen atoms in total. The van der Waals surface area contributed by atoms with Crippen molar-refractivity contribution in [3.8, 4) is 22.7 Å². The lowest BCUT2D eigenvalue weighted by Gasteiger charge is -2.09. The van der Waals surface area contributed by atoms with Crippen molar-refractivity contribution in [1.29, 1.82) is 0 Å². The zero-order valence-electron chi connectivity index (χ0n) is 19.4. The van der Waals surface area contributed by atoms with Gasteiger partial charge < -0.3 is 4.74 Å². The van der Waals surface area contributed by atoms with Gasteiger partial charge in [-0.2, -0.15) is 5.10 Å². The topological polar surface area (TPSA) is 57.0 Å². The number of para-hydroxylation sites is 2. The molecule has 0 aliphatic heterocycles. The molecule has 5 rings (SSSR count). The Bertz CT molecular complexity index is 1470. The summed E-state index contributed by atoms with van der Waals surface area (Å²) in [7, 11) is 0. The van der Waals surface area contributed by atoms with Gasteiger partial charge in [-0.25, -0.2) is 14.5 Å². The Kier molecular flexibility index (Phi) is 5.68. The van der Waals surface area contributed by atoms with Gasteiger partial charge in [0, 0.05) is 22.8 Å². The van der Waals surface area contributed by atoms with Crippen molar-refractivity contribution in [2.75, 3.05) is 0 Å². The van der Waals surface area contributed by atoms with Crippen molar-refractivity contribution in [2.45, 2.75) is 26.7 Å². The van der Waals surface area contributed by atoms with Crippen molar-refractivity contribution in [1.82, 2.24) is 14.8 Å². The van der Waals surface area contributed by atoms with E-state index < -0.39 is 5.97 Å². The smallest absolute Gasteiger partial charge is 0.347 e. The van der Waals surface area contributed by atoms with Crippen LogP contribution >= 0.6 is 0 Å². The lowest BCUT2D eigenvalue weighted by atomic mass is 10.00. The van der Waals surface area contributed by atoms with E-state index in [1.54, 1.807) is 16.9 Å². The molecule has 5 aromatic rings. The number of pyridine rings is 1. The van der Waals surface area contributed by atoms with E-state index in [-0.39, 0.29) is 0 Å². The Morgan fingerprint density at radius 2 is 1.65 bits per heavy atom. The van der Waals surface area contributed by atoms with Crippen molar-refractivity contribution >= 4 is 16.9 Å². The molecule has 0 radical (unpaired) electrons. The van der Waals surface area contributed by atoms with E-state index in [4.69, 9.17) is 9.84 Å². The number of carbonyl (C=O) groups excluding carboxylic acids is 1. The third-order valence-corrected chi connectivity index (χ3v) is 5.83. The number of aromatic nitrogens is 3. The van der Waals surface area contributed by atoms with Gasteiger partial charge in [0.2, 0.25) is 0 Å². The van der Waals surface area contributed by atoms with Crippen molar-refractivity contribution in [2.24, 2.45) is 0 Å². The quantitative estimate of drug-likeness (QED) is 0.221. The molecule has 0 bridgehead atoms. The lowest BCUT2D eigenvalue weighted by Crippen LogP contribution is -2.09. The number of carbonyl (C=O) groups is 1. The predicted octanol–water partition coefficient (Wildman–Crippen LogP) is 6.74. The molecule has 5 heteroatoms. The van der Waals surface area contributed by atoms with E-state index in [1.807, 2.05) is 73.7 Å². The monoisotopic (exact) mass is 447 g/mol. The fourth-order valence-corrected chi connectivity index (χ4v) is 3.93. The Morgan fingerprint density at radius 1 is 0.882 bits per heavy atom. The molecule has 0 saturated heterocycles. The highest BCUT2D eigenvalue weighted by Gasteiger charge is 2.22. The first-order chi connectivity index (χ1) is 16.5. The minimum atomic E-state index is -0.471. The number of hydrogen-bond donors (Lipinski definition) is 0. The number of fused-ring (bicyclic) bond motifs is 1. The molecule has 0 unspecified atom stereocenters. The van der Waals surface area contributed by atoms with Gasteiger partial charge in [-0.15, -0.1) is 0 Å². The zero-order chi connectivity index (χ0) is 23.7. The van der Waals surface area contributed by atoms with Crippen LogP contribution in [0.3, 0.4) is 0 Å². The molecular formula is C29H25N3O2. The summed E-state index contributed by atoms with van der Waals surface area (Å²) in [4.78, 5) is 18.0. The molecule has 0 atom stereocenters. The molecule has 0 aliphatic carbocycles. The van der Waals surface area contributed by atoms with E-state index in [0.29, 0.717) is 28.4 Å². The van der Waals surface area contributed by atoms with Gasteiger partial charge in [0.05, 0.1) is 5.69 Å². The third kappa shape index (κ3) is 4.20. The molecule has 2 aromatic heterocycles. The summed E-state index contributed by atoms with van der Waals surface area (Å²) >= 11 is 0. The first-order valence-electron chi connectivity index (χ1n) is 11.3. The van der Waals surface area contributed by atoms with Crippen LogP contribution in [-0.2, 0) is 0 Å². The maximum absolute atomic E-state index is 13.5. The Labute approximate surface area is 198 Å². The summed E-state index contributed by atoms with van der Waals surface area (Å²) in [6.45, 7) is 6.23. The normalized spacial score (nSPS) is 11.2. The standard InChI is InChI=1S/C29H25N3O2/c1-19(2)21-14-16-23(17-15-21)27-25(18-32(31-27)24-9-5-4-6-10-24)29(33)34-26-11-7-8-22-13-12-20(3)30-28(22)26/h4-19H,1-3H3. The summed E-state index contributed by atoms with van der Waals surface area (Å²) in [6, 6.07) is 27.4. The molecule has 168 valence electrons. The lowest BCUT2D eigenvalue weighted by molar-refractivity contribution is 0.0737. The second kappa shape index (κ2) is 8.94. The highest BCUT2D eigenvalue weighted by atomic mass is 16.5. The molecule has 34 heavy (non-hydrogen) atoms. The van der Waals surface area contributed by atoms with Crippen LogP contribution in [0, 0.1) is 6.92 Å². The number of hydrogen-bond acceptors (Lipinski definition) is 4. The Balaban J connectivity index is 1.58. The van der Waals surface area contributed by atoms with Gasteiger partial charge in [-0.1, -0.05) is 74.5 Å². The Hall–Kier alpha value is -4.25. The molecule has 0 amide bonds. The fourth-order valence-electron chi connectivity index (χ4n) is 3.93. The van der Waals surface area contributed by atoms with Crippen LogP contribution < -0.4 is 4.74 Å². The number of rotatable bonds is 5. The zero-order valence-corrected chi connectivity index (χ0v) is 19.4. The molecule has 2 heterocycles. The maximum Gasteiger partial charge on any atom is 0.347 e. The van der Waals surface area contributed by atoms with Gasteiger partial charge >= 0.3 is 5.97 Å². The minimum Gasteiger partial charge on any atom is -0.420 e. The van der Waals surface area contributed by atoms with Crippen molar-refractivity contribution < 1.29 is 9.53 Å². The summed E-state index contributed by atoms with van der Waals surface area (Å²) in [6.07, 6.45) is 1.73. The average Bonchev–Trinajstić information content (AvgIpc) is 3.31. The molecule has 0 aliphatic rings. The predicted molar refractivity (Wildman–Crippen MR) is 135 cm³/mol. The number of aryl methyl sites for hydroxylation is 1. The molecule has 3 aromatic carbocycles. The molecular weight excluding hydrogens is 422 g/mol. The molecule has 0 N–H and O–H groups in total. The van der Waals surface area contributed by atoms with E-state index >= 15 is 0 Å². The van der Waals surface area contributed by atoms with Crippen LogP contribution in [-0.4, -0.2) is 20.7 Å². The molecule has 0 fully saturated rings. The van der Waals surface area contributed by atoms with Gasteiger partial charge in [0.1, 0.15) is 16.8 Å². The third-order valence-electron chi connectivity index (χ3n) is 5.83. The fraction of sp³-hybridized carbons (Fsp3) is 0.138. The van der Waals surface area contributed by atoms with E-state index in [2.05, 4.69) is 31.0 Å². The second-order valence-electron chi connectivity index (χ2n) is 8.62. The van der Waals surface area contributed by atoms with Crippen LogP contribution in [0.2, 0.25) is 0 Å². The summed E-state index contributed by atoms with van der Waals surface area (Å²) in [5, 5.41) is 5.68. The van der Waals surface area contributed by atoms with Crippen LogP contribution in [0.4, 0.5) is 0 Å². The molecule has 0 saturated carbocycles. The second-order valence-corrected chi connectivity index (χ2v) is 8.62. The van der Waals surface area contributed by atoms with Gasteiger partial charge in [0.15, 0.2) is 5.75 Å². The van der Waals surface area contributed by atoms with Crippen LogP contribution in [0.1, 0.15) is 41.4 Å². The Morgan fingerprint density at radius 3 is 2.38 bits per heavy atom. The first kappa shape index (κ1) is 21.6. The van der Waals surface area contributed by atoms with Gasteiger partial charge in [-0.3, -0.25) is 0 Å². The van der Waals surface area contributed by atoms with E-state index in [9.17, 15) is 4.79 Å². The number of benzene rings is 3. The summed E-state index contributed by atoms with van der Waals surface area (Å²) in [5.74, 6) is 0.378. The van der Waals surface area contributed by atoms with Crippen LogP contribution in [0.15, 0.2) is 91.1 Å². The van der Waals surface area contributed by atoms with Crippen molar-refractivity contribution in [3.63, 3.8) is 0 Å². The summed E-state index contributed by atoms with van der Waals surface area (Å²) < 4.78 is 7.60.